The summed E-state index contributed by atoms with van der Waals surface area (Å²) in [6.45, 7) is 0. The Hall–Kier alpha value is -3.40. The van der Waals surface area contributed by atoms with Gasteiger partial charge in [0.1, 0.15) is 5.75 Å². The Labute approximate surface area is 193 Å². The van der Waals surface area contributed by atoms with Gasteiger partial charge in [0.25, 0.3) is 0 Å². The maximum Gasteiger partial charge on any atom is 0.229 e. The summed E-state index contributed by atoms with van der Waals surface area (Å²) >= 11 is 12.8. The molecule has 1 unspecified atom stereocenters. The average molecular weight is 457 g/mol. The number of ether oxygens (including phenoxy) is 1. The quantitative estimate of drug-likeness (QED) is 0.309. The fourth-order valence-electron chi connectivity index (χ4n) is 4.70. The molecule has 1 atom stereocenters. The second-order valence-corrected chi connectivity index (χ2v) is 8.69. The van der Waals surface area contributed by atoms with Crippen molar-refractivity contribution in [1.82, 2.24) is 0 Å². The van der Waals surface area contributed by atoms with E-state index < -0.39 is 5.92 Å². The summed E-state index contributed by atoms with van der Waals surface area (Å²) in [6, 6.07) is 23.7. The van der Waals surface area contributed by atoms with Gasteiger partial charge >= 0.3 is 0 Å². The molecule has 154 valence electrons. The van der Waals surface area contributed by atoms with Crippen molar-refractivity contribution in [1.29, 1.82) is 0 Å². The van der Waals surface area contributed by atoms with E-state index in [4.69, 9.17) is 27.9 Å². The van der Waals surface area contributed by atoms with E-state index in [0.29, 0.717) is 38.1 Å². The molecule has 0 fully saturated rings. The zero-order chi connectivity index (χ0) is 22.0. The smallest absolute Gasteiger partial charge is 0.229 e. The maximum atomic E-state index is 13.7. The lowest BCUT2D eigenvalue weighted by Crippen LogP contribution is -2.31. The summed E-state index contributed by atoms with van der Waals surface area (Å²) in [4.78, 5) is 27.1. The van der Waals surface area contributed by atoms with Crippen molar-refractivity contribution in [2.24, 2.45) is 0 Å². The Kier molecular flexibility index (Phi) is 4.26. The van der Waals surface area contributed by atoms with Crippen LogP contribution in [0.25, 0.3) is 10.8 Å². The van der Waals surface area contributed by atoms with Gasteiger partial charge < -0.3 is 4.74 Å². The van der Waals surface area contributed by atoms with E-state index >= 15 is 0 Å². The molecule has 0 N–H and O–H groups in total. The van der Waals surface area contributed by atoms with E-state index in [1.54, 1.807) is 36.4 Å². The molecule has 0 saturated carbocycles. The highest BCUT2D eigenvalue weighted by molar-refractivity contribution is 6.35. The van der Waals surface area contributed by atoms with Gasteiger partial charge in [0.2, 0.25) is 5.78 Å². The summed E-state index contributed by atoms with van der Waals surface area (Å²) in [5.74, 6) is -0.505. The molecule has 1 heterocycles. The number of allylic oxidation sites excluding steroid dienone is 2. The molecular formula is C27H14Cl2O3. The molecule has 0 aromatic heterocycles. The number of fused-ring (bicyclic) bond motifs is 4. The number of carbonyl (C=O) groups is 2. The van der Waals surface area contributed by atoms with Crippen molar-refractivity contribution >= 4 is 45.5 Å². The fraction of sp³-hybridized carbons (Fsp3) is 0.0370. The van der Waals surface area contributed by atoms with Gasteiger partial charge in [-0.3, -0.25) is 9.59 Å². The Morgan fingerprint density at radius 2 is 1.47 bits per heavy atom. The van der Waals surface area contributed by atoms with Gasteiger partial charge in [0.05, 0.1) is 5.57 Å². The number of rotatable bonds is 1. The molecule has 0 amide bonds. The molecular weight excluding hydrogens is 443 g/mol. The van der Waals surface area contributed by atoms with Gasteiger partial charge in [-0.25, -0.2) is 0 Å². The molecule has 6 rings (SSSR count). The largest absolute Gasteiger partial charge is 0.452 e. The van der Waals surface area contributed by atoms with Crippen molar-refractivity contribution in [2.75, 3.05) is 0 Å². The monoisotopic (exact) mass is 456 g/mol. The van der Waals surface area contributed by atoms with Crippen LogP contribution >= 0.6 is 23.2 Å². The molecule has 32 heavy (non-hydrogen) atoms. The van der Waals surface area contributed by atoms with Crippen molar-refractivity contribution in [3.63, 3.8) is 0 Å². The maximum absolute atomic E-state index is 13.7. The number of hydrogen-bond acceptors (Lipinski definition) is 3. The van der Waals surface area contributed by atoms with E-state index in [2.05, 4.69) is 0 Å². The zero-order valence-corrected chi connectivity index (χ0v) is 18.1. The lowest BCUT2D eigenvalue weighted by atomic mass is 9.74. The number of ketones is 2. The van der Waals surface area contributed by atoms with E-state index in [9.17, 15) is 9.59 Å². The third-order valence-corrected chi connectivity index (χ3v) is 6.67. The molecule has 5 heteroatoms. The van der Waals surface area contributed by atoms with Gasteiger partial charge in [-0.05, 0) is 34.5 Å². The van der Waals surface area contributed by atoms with Crippen LogP contribution in [0.4, 0.5) is 0 Å². The van der Waals surface area contributed by atoms with Crippen LogP contribution in [-0.4, -0.2) is 11.6 Å². The highest BCUT2D eigenvalue weighted by Crippen LogP contribution is 2.50. The predicted octanol–water partition coefficient (Wildman–Crippen LogP) is 7.00. The summed E-state index contributed by atoms with van der Waals surface area (Å²) in [5, 5.41) is 2.86. The minimum absolute atomic E-state index is 0.0625. The molecule has 4 aromatic carbocycles. The number of Topliss-reactive ketones (excluding diaryl/α,β-unsaturated/α-hetero) is 2. The number of halogens is 2. The topological polar surface area (TPSA) is 43.4 Å². The first-order valence-corrected chi connectivity index (χ1v) is 10.9. The molecule has 0 spiro atoms. The second kappa shape index (κ2) is 7.06. The first-order valence-electron chi connectivity index (χ1n) is 10.1. The highest BCUT2D eigenvalue weighted by Gasteiger charge is 2.43. The van der Waals surface area contributed by atoms with Gasteiger partial charge in [0.15, 0.2) is 11.5 Å². The molecule has 1 aliphatic carbocycles. The predicted molar refractivity (Wildman–Crippen MR) is 125 cm³/mol. The van der Waals surface area contributed by atoms with Crippen molar-refractivity contribution in [2.45, 2.75) is 5.92 Å². The second-order valence-electron chi connectivity index (χ2n) is 7.85. The van der Waals surface area contributed by atoms with Crippen LogP contribution in [0.3, 0.4) is 0 Å². The van der Waals surface area contributed by atoms with Gasteiger partial charge in [-0.1, -0.05) is 83.9 Å². The van der Waals surface area contributed by atoms with E-state index in [-0.39, 0.29) is 17.3 Å². The Morgan fingerprint density at radius 1 is 0.750 bits per heavy atom. The van der Waals surface area contributed by atoms with Crippen LogP contribution in [0.15, 0.2) is 90.2 Å². The SMILES string of the molecule is O=C1C2=C(C(=O)c3ccccc31)C(c1ccc(Cl)cc1Cl)c1c(ccc3ccccc13)O2. The van der Waals surface area contributed by atoms with Crippen LogP contribution in [0.5, 0.6) is 5.75 Å². The molecule has 0 radical (unpaired) electrons. The lowest BCUT2D eigenvalue weighted by molar-refractivity contribution is 0.0927. The fourth-order valence-corrected chi connectivity index (χ4v) is 5.22. The van der Waals surface area contributed by atoms with Crippen molar-refractivity contribution in [3.8, 4) is 5.75 Å². The Bertz CT molecular complexity index is 1520. The van der Waals surface area contributed by atoms with Crippen molar-refractivity contribution < 1.29 is 14.3 Å². The Morgan fingerprint density at radius 3 is 2.25 bits per heavy atom. The lowest BCUT2D eigenvalue weighted by Gasteiger charge is -2.33. The van der Waals surface area contributed by atoms with E-state index in [1.165, 1.54) is 0 Å². The first-order chi connectivity index (χ1) is 15.5. The molecule has 4 aromatic rings. The number of carbonyl (C=O) groups excluding carboxylic acids is 2. The third-order valence-electron chi connectivity index (χ3n) is 6.11. The highest BCUT2D eigenvalue weighted by atomic mass is 35.5. The average Bonchev–Trinajstić information content (AvgIpc) is 2.81. The van der Waals surface area contributed by atoms with Crippen LogP contribution in [0.2, 0.25) is 10.0 Å². The van der Waals surface area contributed by atoms with Crippen LogP contribution in [0.1, 0.15) is 37.8 Å². The minimum atomic E-state index is -0.575. The first kappa shape index (κ1) is 19.3. The Balaban J connectivity index is 1.71. The molecule has 1 aliphatic heterocycles. The molecule has 2 aliphatic rings. The van der Waals surface area contributed by atoms with Crippen LogP contribution < -0.4 is 4.74 Å². The van der Waals surface area contributed by atoms with Gasteiger partial charge in [-0.2, -0.15) is 0 Å². The normalized spacial score (nSPS) is 17.0. The summed E-state index contributed by atoms with van der Waals surface area (Å²) < 4.78 is 6.14. The van der Waals surface area contributed by atoms with Gasteiger partial charge in [0, 0.05) is 32.7 Å². The van der Waals surface area contributed by atoms with E-state index in [1.807, 2.05) is 42.5 Å². The number of hydrogen-bond donors (Lipinski definition) is 0. The number of benzene rings is 4. The van der Waals surface area contributed by atoms with E-state index in [0.717, 1.165) is 16.3 Å². The zero-order valence-electron chi connectivity index (χ0n) is 16.6. The standard InChI is InChI=1S/C27H14Cl2O3/c28-15-10-11-19(20(29)13-15)23-22-16-6-2-1-5-14(16)9-12-21(22)32-27-24(23)25(30)17-7-3-4-8-18(17)26(27)31/h1-13,23H. The minimum Gasteiger partial charge on any atom is -0.452 e. The molecule has 0 bridgehead atoms. The summed E-state index contributed by atoms with van der Waals surface area (Å²) in [7, 11) is 0. The van der Waals surface area contributed by atoms with Crippen LogP contribution in [0, 0.1) is 0 Å². The molecule has 0 saturated heterocycles. The summed E-state index contributed by atoms with van der Waals surface area (Å²) in [5.41, 5.74) is 2.54. The summed E-state index contributed by atoms with van der Waals surface area (Å²) in [6.07, 6.45) is 0. The van der Waals surface area contributed by atoms with Gasteiger partial charge in [-0.15, -0.1) is 0 Å². The van der Waals surface area contributed by atoms with Crippen molar-refractivity contribution in [3.05, 3.63) is 122 Å². The third kappa shape index (κ3) is 2.68. The van der Waals surface area contributed by atoms with Crippen LogP contribution in [-0.2, 0) is 0 Å². The molecule has 3 nitrogen and oxygen atoms in total.